The fourth-order valence-electron chi connectivity index (χ4n) is 3.02. The highest BCUT2D eigenvalue weighted by Crippen LogP contribution is 2.44. The number of carbonyl (C=O) groups is 2. The molecule has 1 unspecified atom stereocenters. The van der Waals surface area contributed by atoms with Crippen LogP contribution in [0.4, 0.5) is 0 Å². The largest absolute Gasteiger partial charge is 0.481 e. The van der Waals surface area contributed by atoms with Crippen molar-refractivity contribution >= 4 is 34.8 Å². The molecule has 6 heteroatoms. The lowest BCUT2D eigenvalue weighted by atomic mass is 9.66. The average molecular weight is 364 g/mol. The van der Waals surface area contributed by atoms with Gasteiger partial charge in [-0.1, -0.05) is 36.2 Å². The van der Waals surface area contributed by atoms with E-state index in [1.165, 1.54) is 0 Å². The van der Waals surface area contributed by atoms with Crippen LogP contribution in [0.3, 0.4) is 0 Å². The van der Waals surface area contributed by atoms with Gasteiger partial charge in [-0.25, -0.2) is 0 Å². The molecule has 1 aliphatic rings. The van der Waals surface area contributed by atoms with Gasteiger partial charge in [-0.05, 0) is 42.0 Å². The number of halogens is 1. The molecule has 1 amide bonds. The SMILES string of the molecule is O=C(CC1(C(=O)O)CCC1)NC(c1ccc(Cl)cc1)c1cccs1. The Kier molecular flexibility index (Phi) is 4.92. The van der Waals surface area contributed by atoms with Crippen LogP contribution in [0.1, 0.15) is 42.2 Å². The second kappa shape index (κ2) is 6.95. The lowest BCUT2D eigenvalue weighted by molar-refractivity contribution is -0.157. The molecule has 0 saturated heterocycles. The van der Waals surface area contributed by atoms with Crippen LogP contribution in [-0.2, 0) is 9.59 Å². The average Bonchev–Trinajstić information content (AvgIpc) is 3.03. The Balaban J connectivity index is 1.78. The first-order valence-corrected chi connectivity index (χ1v) is 9.08. The fourth-order valence-corrected chi connectivity index (χ4v) is 3.95. The topological polar surface area (TPSA) is 66.4 Å². The first kappa shape index (κ1) is 17.0. The highest BCUT2D eigenvalue weighted by molar-refractivity contribution is 7.10. The number of rotatable bonds is 6. The molecule has 0 radical (unpaired) electrons. The standard InChI is InChI=1S/C18H18ClNO3S/c19-13-6-4-12(5-7-13)16(14-3-1-10-24-14)20-15(21)11-18(17(22)23)8-2-9-18/h1,3-7,10,16H,2,8-9,11H2,(H,20,21)(H,22,23). The minimum atomic E-state index is -0.885. The number of benzene rings is 1. The van der Waals surface area contributed by atoms with Crippen molar-refractivity contribution in [1.82, 2.24) is 5.32 Å². The molecular weight excluding hydrogens is 346 g/mol. The van der Waals surface area contributed by atoms with Gasteiger partial charge in [0.15, 0.2) is 0 Å². The van der Waals surface area contributed by atoms with Crippen molar-refractivity contribution < 1.29 is 14.7 Å². The molecule has 1 saturated carbocycles. The Hall–Kier alpha value is -1.85. The summed E-state index contributed by atoms with van der Waals surface area (Å²) in [5, 5.41) is 15.0. The minimum Gasteiger partial charge on any atom is -0.481 e. The molecular formula is C18H18ClNO3S. The Morgan fingerprint density at radius 3 is 2.46 bits per heavy atom. The zero-order valence-corrected chi connectivity index (χ0v) is 14.6. The highest BCUT2D eigenvalue weighted by atomic mass is 35.5. The summed E-state index contributed by atoms with van der Waals surface area (Å²) in [7, 11) is 0. The predicted molar refractivity (Wildman–Crippen MR) is 94.3 cm³/mol. The molecule has 4 nitrogen and oxygen atoms in total. The smallest absolute Gasteiger partial charge is 0.310 e. The monoisotopic (exact) mass is 363 g/mol. The normalized spacial score (nSPS) is 16.9. The maximum absolute atomic E-state index is 12.5. The third kappa shape index (κ3) is 3.47. The Morgan fingerprint density at radius 1 is 1.25 bits per heavy atom. The van der Waals surface area contributed by atoms with Crippen molar-refractivity contribution in [3.05, 3.63) is 57.2 Å². The number of thiophene rings is 1. The maximum atomic E-state index is 12.5. The van der Waals surface area contributed by atoms with E-state index < -0.39 is 11.4 Å². The van der Waals surface area contributed by atoms with Crippen molar-refractivity contribution in [2.24, 2.45) is 5.41 Å². The number of carboxylic acids is 1. The number of amides is 1. The lowest BCUT2D eigenvalue weighted by Gasteiger charge is -2.37. The molecule has 1 aromatic heterocycles. The van der Waals surface area contributed by atoms with E-state index in [0.29, 0.717) is 17.9 Å². The molecule has 1 fully saturated rings. The number of nitrogens with one attached hydrogen (secondary N) is 1. The Labute approximate surface area is 149 Å². The molecule has 24 heavy (non-hydrogen) atoms. The summed E-state index contributed by atoms with van der Waals surface area (Å²) in [6.45, 7) is 0. The third-order valence-corrected chi connectivity index (χ3v) is 5.79. The van der Waals surface area contributed by atoms with E-state index in [-0.39, 0.29) is 18.4 Å². The van der Waals surface area contributed by atoms with Gasteiger partial charge in [-0.2, -0.15) is 0 Å². The van der Waals surface area contributed by atoms with Crippen molar-refractivity contribution in [3.8, 4) is 0 Å². The van der Waals surface area contributed by atoms with Crippen molar-refractivity contribution in [2.75, 3.05) is 0 Å². The summed E-state index contributed by atoms with van der Waals surface area (Å²) in [6, 6.07) is 10.9. The quantitative estimate of drug-likeness (QED) is 0.806. The molecule has 1 aliphatic carbocycles. The van der Waals surface area contributed by atoms with E-state index in [2.05, 4.69) is 5.32 Å². The number of carboxylic acid groups (broad SMARTS) is 1. The van der Waals surface area contributed by atoms with Gasteiger partial charge >= 0.3 is 5.97 Å². The molecule has 1 aromatic carbocycles. The van der Waals surface area contributed by atoms with Crippen LogP contribution >= 0.6 is 22.9 Å². The fraction of sp³-hybridized carbons (Fsp3) is 0.333. The molecule has 0 aliphatic heterocycles. The summed E-state index contributed by atoms with van der Waals surface area (Å²) in [5.41, 5.74) is 0.0394. The van der Waals surface area contributed by atoms with Gasteiger partial charge in [0.25, 0.3) is 0 Å². The summed E-state index contributed by atoms with van der Waals surface area (Å²) < 4.78 is 0. The zero-order valence-electron chi connectivity index (χ0n) is 13.0. The molecule has 1 heterocycles. The molecule has 0 spiro atoms. The van der Waals surface area contributed by atoms with E-state index in [9.17, 15) is 14.7 Å². The molecule has 1 atom stereocenters. The Morgan fingerprint density at radius 2 is 1.96 bits per heavy atom. The van der Waals surface area contributed by atoms with Crippen molar-refractivity contribution in [3.63, 3.8) is 0 Å². The number of hydrogen-bond acceptors (Lipinski definition) is 3. The summed E-state index contributed by atoms with van der Waals surface area (Å²) in [4.78, 5) is 25.0. The van der Waals surface area contributed by atoms with Crippen LogP contribution in [0, 0.1) is 5.41 Å². The van der Waals surface area contributed by atoms with Gasteiger partial charge in [0.05, 0.1) is 11.5 Å². The predicted octanol–water partition coefficient (Wildman–Crippen LogP) is 4.25. The summed E-state index contributed by atoms with van der Waals surface area (Å²) >= 11 is 7.50. The molecule has 2 N–H and O–H groups in total. The molecule has 3 rings (SSSR count). The summed E-state index contributed by atoms with van der Waals surface area (Å²) in [6.07, 6.45) is 2.03. The van der Waals surface area contributed by atoms with E-state index in [1.54, 1.807) is 23.5 Å². The lowest BCUT2D eigenvalue weighted by Crippen LogP contribution is -2.43. The van der Waals surface area contributed by atoms with E-state index in [1.807, 2.05) is 29.6 Å². The first-order chi connectivity index (χ1) is 11.5. The summed E-state index contributed by atoms with van der Waals surface area (Å²) in [5.74, 6) is -1.10. The van der Waals surface area contributed by atoms with Gasteiger partial charge in [0, 0.05) is 16.3 Å². The number of carbonyl (C=O) groups excluding carboxylic acids is 1. The van der Waals surface area contributed by atoms with Gasteiger partial charge in [-0.3, -0.25) is 9.59 Å². The van der Waals surface area contributed by atoms with E-state index in [0.717, 1.165) is 16.9 Å². The van der Waals surface area contributed by atoms with E-state index in [4.69, 9.17) is 11.6 Å². The second-order valence-electron chi connectivity index (χ2n) is 6.18. The van der Waals surface area contributed by atoms with Crippen LogP contribution in [0.5, 0.6) is 0 Å². The zero-order chi connectivity index (χ0) is 17.2. The van der Waals surface area contributed by atoms with Crippen LogP contribution < -0.4 is 5.32 Å². The number of aliphatic carboxylic acids is 1. The minimum absolute atomic E-state index is 0.0256. The molecule has 0 bridgehead atoms. The van der Waals surface area contributed by atoms with Crippen molar-refractivity contribution in [1.29, 1.82) is 0 Å². The van der Waals surface area contributed by atoms with Gasteiger partial charge in [-0.15, -0.1) is 11.3 Å². The van der Waals surface area contributed by atoms with Gasteiger partial charge < -0.3 is 10.4 Å². The highest BCUT2D eigenvalue weighted by Gasteiger charge is 2.46. The van der Waals surface area contributed by atoms with Gasteiger partial charge in [0.2, 0.25) is 5.91 Å². The maximum Gasteiger partial charge on any atom is 0.310 e. The first-order valence-electron chi connectivity index (χ1n) is 7.82. The van der Waals surface area contributed by atoms with Crippen LogP contribution in [0.25, 0.3) is 0 Å². The van der Waals surface area contributed by atoms with Gasteiger partial charge in [0.1, 0.15) is 0 Å². The molecule has 2 aromatic rings. The van der Waals surface area contributed by atoms with Crippen LogP contribution in [0.15, 0.2) is 41.8 Å². The Bertz CT molecular complexity index is 723. The van der Waals surface area contributed by atoms with Crippen molar-refractivity contribution in [2.45, 2.75) is 31.7 Å². The third-order valence-electron chi connectivity index (χ3n) is 4.60. The molecule has 126 valence electrons. The van der Waals surface area contributed by atoms with E-state index >= 15 is 0 Å². The van der Waals surface area contributed by atoms with Crippen LogP contribution in [0.2, 0.25) is 5.02 Å². The van der Waals surface area contributed by atoms with Crippen LogP contribution in [-0.4, -0.2) is 17.0 Å². The second-order valence-corrected chi connectivity index (χ2v) is 7.60. The number of hydrogen-bond donors (Lipinski definition) is 2.